The molecule has 3 heterocycles. The number of fused-ring (bicyclic) bond motifs is 1. The Balaban J connectivity index is 1.71. The van der Waals surface area contributed by atoms with Crippen LogP contribution in [0.5, 0.6) is 0 Å². The van der Waals surface area contributed by atoms with E-state index in [0.717, 1.165) is 49.2 Å². The molecule has 0 bridgehead atoms. The van der Waals surface area contributed by atoms with E-state index in [9.17, 15) is 4.79 Å². The van der Waals surface area contributed by atoms with Crippen molar-refractivity contribution in [2.75, 3.05) is 18.0 Å². The minimum Gasteiger partial charge on any atom is -0.481 e. The number of carboxylic acid groups (broad SMARTS) is 1. The molecular formula is C14H18N4O3. The van der Waals surface area contributed by atoms with Crippen LogP contribution in [-0.2, 0) is 4.79 Å². The van der Waals surface area contributed by atoms with E-state index in [1.54, 1.807) is 0 Å². The Bertz CT molecular complexity index is 647. The van der Waals surface area contributed by atoms with Crippen LogP contribution in [0.4, 0.5) is 5.82 Å². The Labute approximate surface area is 122 Å². The van der Waals surface area contributed by atoms with Crippen molar-refractivity contribution in [3.05, 3.63) is 12.0 Å². The smallest absolute Gasteiger partial charge is 0.303 e. The van der Waals surface area contributed by atoms with Crippen molar-refractivity contribution in [3.63, 3.8) is 0 Å². The van der Waals surface area contributed by atoms with Gasteiger partial charge in [0.15, 0.2) is 0 Å². The number of nitrogens with zero attached hydrogens (tertiary/aromatic N) is 4. The number of aromatic nitrogens is 3. The van der Waals surface area contributed by atoms with E-state index in [0.29, 0.717) is 11.6 Å². The van der Waals surface area contributed by atoms with E-state index < -0.39 is 5.97 Å². The molecule has 0 amide bonds. The van der Waals surface area contributed by atoms with E-state index in [4.69, 9.17) is 9.63 Å². The summed E-state index contributed by atoms with van der Waals surface area (Å²) in [5, 5.41) is 13.6. The molecule has 7 nitrogen and oxygen atoms in total. The lowest BCUT2D eigenvalue weighted by Crippen LogP contribution is -2.34. The Morgan fingerprint density at radius 1 is 1.43 bits per heavy atom. The van der Waals surface area contributed by atoms with E-state index in [-0.39, 0.29) is 6.42 Å². The van der Waals surface area contributed by atoms with Crippen molar-refractivity contribution < 1.29 is 14.4 Å². The van der Waals surface area contributed by atoms with Crippen LogP contribution in [0.1, 0.15) is 31.4 Å². The van der Waals surface area contributed by atoms with Gasteiger partial charge < -0.3 is 14.5 Å². The molecule has 0 aromatic carbocycles. The van der Waals surface area contributed by atoms with Crippen molar-refractivity contribution in [2.45, 2.75) is 32.6 Å². The van der Waals surface area contributed by atoms with E-state index in [1.807, 2.05) is 6.92 Å². The summed E-state index contributed by atoms with van der Waals surface area (Å²) in [4.78, 5) is 21.3. The summed E-state index contributed by atoms with van der Waals surface area (Å²) in [5.74, 6) is 0.642. The van der Waals surface area contributed by atoms with E-state index in [1.165, 1.54) is 6.33 Å². The van der Waals surface area contributed by atoms with Gasteiger partial charge in [-0.1, -0.05) is 5.16 Å². The minimum atomic E-state index is -0.713. The molecule has 2 aromatic heterocycles. The number of carboxylic acids is 1. The van der Waals surface area contributed by atoms with Gasteiger partial charge in [-0.2, -0.15) is 4.98 Å². The molecule has 7 heteroatoms. The summed E-state index contributed by atoms with van der Waals surface area (Å²) in [5.41, 5.74) is 1.32. The van der Waals surface area contributed by atoms with Gasteiger partial charge in [-0.05, 0) is 32.1 Å². The third-order valence-electron chi connectivity index (χ3n) is 4.10. The standard InChI is InChI=1S/C14H18N4O3/c1-9-12-13(15-8-16-14(12)21-17-9)18-6-4-10(5-7-18)2-3-11(19)20/h8,10H,2-7H2,1H3,(H,19,20). The van der Waals surface area contributed by atoms with Gasteiger partial charge in [0.05, 0.1) is 5.69 Å². The van der Waals surface area contributed by atoms with Crippen LogP contribution in [0, 0.1) is 12.8 Å². The quantitative estimate of drug-likeness (QED) is 0.920. The maximum Gasteiger partial charge on any atom is 0.303 e. The zero-order valence-electron chi connectivity index (χ0n) is 11.9. The zero-order chi connectivity index (χ0) is 14.8. The number of carbonyl (C=O) groups is 1. The molecule has 0 spiro atoms. The summed E-state index contributed by atoms with van der Waals surface area (Å²) < 4.78 is 5.17. The first kappa shape index (κ1) is 13.8. The SMILES string of the molecule is Cc1noc2ncnc(N3CCC(CCC(=O)O)CC3)c12. The predicted octanol–water partition coefficient (Wildman–Crippen LogP) is 2.01. The molecule has 0 unspecified atom stereocenters. The van der Waals surface area contributed by atoms with Crippen molar-refractivity contribution in [2.24, 2.45) is 5.92 Å². The maximum atomic E-state index is 10.6. The third kappa shape index (κ3) is 2.81. The van der Waals surface area contributed by atoms with E-state index in [2.05, 4.69) is 20.0 Å². The van der Waals surface area contributed by atoms with Crippen LogP contribution in [0.15, 0.2) is 10.9 Å². The molecule has 0 saturated carbocycles. The lowest BCUT2D eigenvalue weighted by molar-refractivity contribution is -0.137. The van der Waals surface area contributed by atoms with Crippen molar-refractivity contribution in [1.82, 2.24) is 15.1 Å². The van der Waals surface area contributed by atoms with Crippen molar-refractivity contribution >= 4 is 22.9 Å². The number of aliphatic carboxylic acids is 1. The second kappa shape index (κ2) is 5.67. The van der Waals surface area contributed by atoms with Crippen molar-refractivity contribution in [1.29, 1.82) is 0 Å². The summed E-state index contributed by atoms with van der Waals surface area (Å²) in [6, 6.07) is 0. The molecule has 1 aliphatic heterocycles. The van der Waals surface area contributed by atoms with Crippen LogP contribution in [0.3, 0.4) is 0 Å². The van der Waals surface area contributed by atoms with Crippen molar-refractivity contribution in [3.8, 4) is 0 Å². The molecule has 0 radical (unpaired) electrons. The van der Waals surface area contributed by atoms with Gasteiger partial charge in [-0.3, -0.25) is 4.79 Å². The van der Waals surface area contributed by atoms with Gasteiger partial charge >= 0.3 is 5.97 Å². The minimum absolute atomic E-state index is 0.257. The first-order chi connectivity index (χ1) is 10.1. The molecule has 1 aliphatic rings. The predicted molar refractivity (Wildman–Crippen MR) is 76.1 cm³/mol. The average Bonchev–Trinajstić information content (AvgIpc) is 2.87. The van der Waals surface area contributed by atoms with Gasteiger partial charge in [0.1, 0.15) is 17.5 Å². The molecule has 0 atom stereocenters. The first-order valence-electron chi connectivity index (χ1n) is 7.19. The fourth-order valence-corrected chi connectivity index (χ4v) is 2.90. The highest BCUT2D eigenvalue weighted by Gasteiger charge is 2.23. The number of piperidine rings is 1. The molecule has 1 fully saturated rings. The van der Waals surface area contributed by atoms with Gasteiger partial charge in [0.25, 0.3) is 5.71 Å². The Hall–Kier alpha value is -2.18. The topological polar surface area (TPSA) is 92.4 Å². The van der Waals surface area contributed by atoms with Crippen LogP contribution in [0.25, 0.3) is 11.1 Å². The molecule has 112 valence electrons. The fraction of sp³-hybridized carbons (Fsp3) is 0.571. The first-order valence-corrected chi connectivity index (χ1v) is 7.19. The molecule has 21 heavy (non-hydrogen) atoms. The Morgan fingerprint density at radius 3 is 2.90 bits per heavy atom. The highest BCUT2D eigenvalue weighted by molar-refractivity contribution is 5.87. The maximum absolute atomic E-state index is 10.6. The lowest BCUT2D eigenvalue weighted by atomic mass is 9.92. The van der Waals surface area contributed by atoms with Gasteiger partial charge in [-0.15, -0.1) is 0 Å². The van der Waals surface area contributed by atoms with Crippen LogP contribution in [0.2, 0.25) is 0 Å². The van der Waals surface area contributed by atoms with Crippen LogP contribution < -0.4 is 4.90 Å². The number of rotatable bonds is 4. The van der Waals surface area contributed by atoms with Gasteiger partial charge in [-0.25, -0.2) is 4.98 Å². The number of hydrogen-bond acceptors (Lipinski definition) is 6. The summed E-state index contributed by atoms with van der Waals surface area (Å²) in [7, 11) is 0. The molecule has 1 N–H and O–H groups in total. The molecule has 0 aliphatic carbocycles. The normalized spacial score (nSPS) is 16.5. The number of hydrogen-bond donors (Lipinski definition) is 1. The Kier molecular flexibility index (Phi) is 3.72. The monoisotopic (exact) mass is 290 g/mol. The van der Waals surface area contributed by atoms with Crippen LogP contribution in [-0.4, -0.2) is 39.3 Å². The van der Waals surface area contributed by atoms with E-state index >= 15 is 0 Å². The summed E-state index contributed by atoms with van der Waals surface area (Å²) >= 11 is 0. The highest BCUT2D eigenvalue weighted by atomic mass is 16.5. The molecular weight excluding hydrogens is 272 g/mol. The lowest BCUT2D eigenvalue weighted by Gasteiger charge is -2.32. The average molecular weight is 290 g/mol. The zero-order valence-corrected chi connectivity index (χ0v) is 11.9. The summed E-state index contributed by atoms with van der Waals surface area (Å²) in [6.45, 7) is 3.64. The van der Waals surface area contributed by atoms with Gasteiger partial charge in [0, 0.05) is 19.5 Å². The third-order valence-corrected chi connectivity index (χ3v) is 4.10. The second-order valence-corrected chi connectivity index (χ2v) is 5.51. The largest absolute Gasteiger partial charge is 0.481 e. The Morgan fingerprint density at radius 2 is 2.19 bits per heavy atom. The summed E-state index contributed by atoms with van der Waals surface area (Å²) in [6.07, 6.45) is 4.49. The highest BCUT2D eigenvalue weighted by Crippen LogP contribution is 2.30. The number of anilines is 1. The van der Waals surface area contributed by atoms with Crippen LogP contribution >= 0.6 is 0 Å². The fourth-order valence-electron chi connectivity index (χ4n) is 2.90. The second-order valence-electron chi connectivity index (χ2n) is 5.51. The number of aryl methyl sites for hydroxylation is 1. The van der Waals surface area contributed by atoms with Gasteiger partial charge in [0.2, 0.25) is 0 Å². The molecule has 2 aromatic rings. The molecule has 3 rings (SSSR count). The molecule has 1 saturated heterocycles.